The number of carbonyl (C=O) groups is 2. The summed E-state index contributed by atoms with van der Waals surface area (Å²) in [5.41, 5.74) is 0.405. The van der Waals surface area contributed by atoms with E-state index in [2.05, 4.69) is 0 Å². The fourth-order valence-corrected chi connectivity index (χ4v) is 4.13. The minimum absolute atomic E-state index is 0.0119. The van der Waals surface area contributed by atoms with Crippen molar-refractivity contribution in [2.24, 2.45) is 17.8 Å². The summed E-state index contributed by atoms with van der Waals surface area (Å²) in [5.74, 6) is -1.06. The second-order valence-corrected chi connectivity index (χ2v) is 7.60. The Morgan fingerprint density at radius 2 is 2.12 bits per heavy atom. The zero-order valence-electron chi connectivity index (χ0n) is 14.6. The number of hydrogen-bond acceptors (Lipinski definition) is 4. The first-order valence-electron chi connectivity index (χ1n) is 8.87. The van der Waals surface area contributed by atoms with E-state index in [1.807, 2.05) is 56.3 Å². The molecule has 1 aromatic carbocycles. The molecule has 4 rings (SSSR count). The van der Waals surface area contributed by atoms with Gasteiger partial charge < -0.3 is 14.4 Å². The van der Waals surface area contributed by atoms with Crippen LogP contribution in [-0.2, 0) is 25.6 Å². The van der Waals surface area contributed by atoms with Gasteiger partial charge in [-0.05, 0) is 11.5 Å². The number of hydrogen-bond donors (Lipinski definition) is 0. The molecule has 5 nitrogen and oxygen atoms in total. The third-order valence-corrected chi connectivity index (χ3v) is 5.23. The molecule has 5 heteroatoms. The summed E-state index contributed by atoms with van der Waals surface area (Å²) in [6.45, 7) is 5.38. The van der Waals surface area contributed by atoms with Crippen molar-refractivity contribution in [2.45, 2.75) is 32.1 Å². The molecule has 0 aliphatic carbocycles. The summed E-state index contributed by atoms with van der Waals surface area (Å²) < 4.78 is 11.5. The summed E-state index contributed by atoms with van der Waals surface area (Å²) >= 11 is 0. The summed E-state index contributed by atoms with van der Waals surface area (Å²) in [6, 6.07) is 9.88. The molecule has 2 saturated heterocycles. The van der Waals surface area contributed by atoms with Crippen LogP contribution in [0.3, 0.4) is 0 Å². The molecule has 25 heavy (non-hydrogen) atoms. The van der Waals surface area contributed by atoms with Gasteiger partial charge in [0.15, 0.2) is 0 Å². The topological polar surface area (TPSA) is 55.8 Å². The predicted molar refractivity (Wildman–Crippen MR) is 91.4 cm³/mol. The summed E-state index contributed by atoms with van der Waals surface area (Å²) in [6.07, 6.45) is 3.54. The molecule has 3 aliphatic rings. The van der Waals surface area contributed by atoms with E-state index in [4.69, 9.17) is 9.47 Å². The van der Waals surface area contributed by atoms with E-state index in [9.17, 15) is 9.59 Å². The Morgan fingerprint density at radius 3 is 2.84 bits per heavy atom. The number of benzene rings is 1. The lowest BCUT2D eigenvalue weighted by atomic mass is 9.77. The lowest BCUT2D eigenvalue weighted by molar-refractivity contribution is -0.154. The summed E-state index contributed by atoms with van der Waals surface area (Å²) in [4.78, 5) is 27.4. The standard InChI is InChI=1S/C20H23NO4/c1-13(2)11-24-19(23)16-15-8-9-20(25-15)12-21(18(22)17(16)20)10-14-6-4-3-5-7-14/h3-9,13,15-17H,10-12H2,1-2H3/t15-,16-,17-,20+/m1/s1. The fraction of sp³-hybridized carbons (Fsp3) is 0.500. The van der Waals surface area contributed by atoms with Gasteiger partial charge in [-0.15, -0.1) is 0 Å². The highest BCUT2D eigenvalue weighted by molar-refractivity contribution is 5.91. The highest BCUT2D eigenvalue weighted by Crippen LogP contribution is 2.52. The number of fused-ring (bicyclic) bond motifs is 1. The first-order chi connectivity index (χ1) is 12.0. The van der Waals surface area contributed by atoms with Crippen molar-refractivity contribution in [2.75, 3.05) is 13.2 Å². The second-order valence-electron chi connectivity index (χ2n) is 7.60. The molecular formula is C20H23NO4. The van der Waals surface area contributed by atoms with E-state index in [-0.39, 0.29) is 23.9 Å². The van der Waals surface area contributed by atoms with E-state index in [0.29, 0.717) is 19.7 Å². The van der Waals surface area contributed by atoms with Gasteiger partial charge in [-0.2, -0.15) is 0 Å². The molecule has 4 atom stereocenters. The third kappa shape index (κ3) is 2.67. The van der Waals surface area contributed by atoms with E-state index >= 15 is 0 Å². The summed E-state index contributed by atoms with van der Waals surface area (Å²) in [7, 11) is 0. The fourth-order valence-electron chi connectivity index (χ4n) is 4.13. The minimum atomic E-state index is -0.669. The molecule has 0 unspecified atom stereocenters. The van der Waals surface area contributed by atoms with Crippen LogP contribution in [0.4, 0.5) is 0 Å². The Balaban J connectivity index is 1.54. The van der Waals surface area contributed by atoms with Crippen molar-refractivity contribution in [1.29, 1.82) is 0 Å². The molecule has 1 aromatic rings. The van der Waals surface area contributed by atoms with Gasteiger partial charge in [-0.3, -0.25) is 9.59 Å². The first kappa shape index (κ1) is 16.3. The van der Waals surface area contributed by atoms with E-state index in [1.165, 1.54) is 0 Å². The van der Waals surface area contributed by atoms with Crippen LogP contribution in [0.2, 0.25) is 0 Å². The van der Waals surface area contributed by atoms with Gasteiger partial charge in [-0.1, -0.05) is 56.3 Å². The lowest BCUT2D eigenvalue weighted by Crippen LogP contribution is -2.40. The molecule has 3 heterocycles. The van der Waals surface area contributed by atoms with Crippen molar-refractivity contribution in [1.82, 2.24) is 4.90 Å². The highest BCUT2D eigenvalue weighted by Gasteiger charge is 2.67. The third-order valence-electron chi connectivity index (χ3n) is 5.23. The highest BCUT2D eigenvalue weighted by atomic mass is 16.6. The van der Waals surface area contributed by atoms with Gasteiger partial charge in [0.2, 0.25) is 5.91 Å². The number of amides is 1. The number of rotatable bonds is 5. The van der Waals surface area contributed by atoms with Gasteiger partial charge in [0.25, 0.3) is 0 Å². The predicted octanol–water partition coefficient (Wildman–Crippen LogP) is 2.17. The van der Waals surface area contributed by atoms with Gasteiger partial charge >= 0.3 is 5.97 Å². The van der Waals surface area contributed by atoms with E-state index in [1.54, 1.807) is 4.90 Å². The maximum absolute atomic E-state index is 13.0. The Hall–Kier alpha value is -2.14. The van der Waals surface area contributed by atoms with Crippen molar-refractivity contribution in [3.8, 4) is 0 Å². The number of esters is 1. The van der Waals surface area contributed by atoms with Crippen LogP contribution in [-0.4, -0.2) is 41.6 Å². The van der Waals surface area contributed by atoms with Crippen LogP contribution >= 0.6 is 0 Å². The molecule has 2 bridgehead atoms. The Bertz CT molecular complexity index is 714. The van der Waals surface area contributed by atoms with Gasteiger partial charge in [-0.25, -0.2) is 0 Å². The van der Waals surface area contributed by atoms with Crippen molar-refractivity contribution in [3.05, 3.63) is 48.0 Å². The molecule has 3 aliphatic heterocycles. The van der Waals surface area contributed by atoms with E-state index < -0.39 is 17.4 Å². The van der Waals surface area contributed by atoms with Crippen LogP contribution in [0.15, 0.2) is 42.5 Å². The average molecular weight is 341 g/mol. The van der Waals surface area contributed by atoms with Crippen molar-refractivity contribution < 1.29 is 19.1 Å². The minimum Gasteiger partial charge on any atom is -0.465 e. The molecule has 2 fully saturated rings. The smallest absolute Gasteiger partial charge is 0.312 e. The number of likely N-dealkylation sites (tertiary alicyclic amines) is 1. The second kappa shape index (κ2) is 5.99. The maximum Gasteiger partial charge on any atom is 0.312 e. The summed E-state index contributed by atoms with van der Waals surface area (Å²) in [5, 5.41) is 0. The lowest BCUT2D eigenvalue weighted by Gasteiger charge is -2.23. The monoisotopic (exact) mass is 341 g/mol. The van der Waals surface area contributed by atoms with Crippen LogP contribution in [0.25, 0.3) is 0 Å². The molecule has 1 spiro atoms. The molecule has 0 N–H and O–H groups in total. The first-order valence-corrected chi connectivity index (χ1v) is 8.87. The zero-order valence-corrected chi connectivity index (χ0v) is 14.6. The largest absolute Gasteiger partial charge is 0.465 e. The van der Waals surface area contributed by atoms with Gasteiger partial charge in [0.1, 0.15) is 11.5 Å². The molecular weight excluding hydrogens is 318 g/mol. The van der Waals surface area contributed by atoms with Crippen molar-refractivity contribution >= 4 is 11.9 Å². The Morgan fingerprint density at radius 1 is 1.36 bits per heavy atom. The molecule has 0 saturated carbocycles. The maximum atomic E-state index is 13.0. The molecule has 1 amide bonds. The Kier molecular flexibility index (Phi) is 3.91. The molecule has 0 aromatic heterocycles. The zero-order chi connectivity index (χ0) is 17.6. The van der Waals surface area contributed by atoms with Crippen molar-refractivity contribution in [3.63, 3.8) is 0 Å². The van der Waals surface area contributed by atoms with Crippen LogP contribution < -0.4 is 0 Å². The van der Waals surface area contributed by atoms with Crippen LogP contribution in [0.5, 0.6) is 0 Å². The van der Waals surface area contributed by atoms with Crippen LogP contribution in [0.1, 0.15) is 19.4 Å². The SMILES string of the molecule is CC(C)COC(=O)[C@@H]1[C@H]2C=C[C@@]3(CN(Cc4ccccc4)C(=O)[C@@H]13)O2. The van der Waals surface area contributed by atoms with Gasteiger partial charge in [0, 0.05) is 6.54 Å². The van der Waals surface area contributed by atoms with E-state index in [0.717, 1.165) is 5.56 Å². The average Bonchev–Trinajstić information content (AvgIpc) is 3.22. The number of nitrogens with zero attached hydrogens (tertiary/aromatic N) is 1. The molecule has 132 valence electrons. The quantitative estimate of drug-likeness (QED) is 0.608. The normalized spacial score (nSPS) is 32.5. The Labute approximate surface area is 147 Å². The molecule has 0 radical (unpaired) electrons. The number of ether oxygens (including phenoxy) is 2. The van der Waals surface area contributed by atoms with Gasteiger partial charge in [0.05, 0.1) is 25.2 Å². The number of carbonyl (C=O) groups excluding carboxylic acids is 2. The van der Waals surface area contributed by atoms with Crippen LogP contribution in [0, 0.1) is 17.8 Å².